The average Bonchev–Trinajstić information content (AvgIpc) is 2.27. The summed E-state index contributed by atoms with van der Waals surface area (Å²) >= 11 is 0. The molecule has 0 aliphatic rings. The van der Waals surface area contributed by atoms with E-state index in [4.69, 9.17) is 10.5 Å². The third-order valence-corrected chi connectivity index (χ3v) is 2.61. The van der Waals surface area contributed by atoms with Gasteiger partial charge in [-0.3, -0.25) is 0 Å². The van der Waals surface area contributed by atoms with E-state index in [1.54, 1.807) is 0 Å². The Kier molecular flexibility index (Phi) is 5.66. The van der Waals surface area contributed by atoms with Crippen LogP contribution in [0.25, 0.3) is 0 Å². The van der Waals surface area contributed by atoms with Crippen LogP contribution in [0.2, 0.25) is 0 Å². The molecule has 0 aliphatic heterocycles. The molecule has 0 radical (unpaired) electrons. The van der Waals surface area contributed by atoms with Crippen molar-refractivity contribution in [3.8, 4) is 0 Å². The zero-order valence-electron chi connectivity index (χ0n) is 11.3. The van der Waals surface area contributed by atoms with Crippen molar-refractivity contribution in [3.05, 3.63) is 35.9 Å². The standard InChI is InChI=1S/C15H25NO/c1-15(2,3)17-12-14(16)11-7-10-13-8-5-4-6-9-13/h4-6,8-9,14H,7,10-12,16H2,1-3H3. The summed E-state index contributed by atoms with van der Waals surface area (Å²) in [6.07, 6.45) is 3.24. The first-order valence-corrected chi connectivity index (χ1v) is 6.41. The van der Waals surface area contributed by atoms with Crippen LogP contribution in [0, 0.1) is 0 Å². The zero-order chi connectivity index (χ0) is 12.7. The SMILES string of the molecule is CC(C)(C)OCC(N)CCCc1ccccc1. The fourth-order valence-electron chi connectivity index (χ4n) is 1.65. The van der Waals surface area contributed by atoms with Gasteiger partial charge < -0.3 is 10.5 Å². The summed E-state index contributed by atoms with van der Waals surface area (Å²) in [5.74, 6) is 0. The van der Waals surface area contributed by atoms with E-state index in [-0.39, 0.29) is 11.6 Å². The van der Waals surface area contributed by atoms with Gasteiger partial charge in [-0.1, -0.05) is 30.3 Å². The molecule has 0 heterocycles. The Hall–Kier alpha value is -0.860. The smallest absolute Gasteiger partial charge is 0.0624 e. The minimum Gasteiger partial charge on any atom is -0.374 e. The lowest BCUT2D eigenvalue weighted by Crippen LogP contribution is -2.31. The van der Waals surface area contributed by atoms with E-state index in [1.807, 2.05) is 6.07 Å². The van der Waals surface area contributed by atoms with Crippen molar-refractivity contribution in [2.75, 3.05) is 6.61 Å². The molecule has 17 heavy (non-hydrogen) atoms. The van der Waals surface area contributed by atoms with Crippen LogP contribution < -0.4 is 5.73 Å². The Morgan fingerprint density at radius 1 is 1.18 bits per heavy atom. The van der Waals surface area contributed by atoms with Gasteiger partial charge >= 0.3 is 0 Å². The van der Waals surface area contributed by atoms with E-state index >= 15 is 0 Å². The fourth-order valence-corrected chi connectivity index (χ4v) is 1.65. The Morgan fingerprint density at radius 3 is 2.41 bits per heavy atom. The molecule has 96 valence electrons. The molecular weight excluding hydrogens is 210 g/mol. The summed E-state index contributed by atoms with van der Waals surface area (Å²) in [6, 6.07) is 10.7. The Bertz CT molecular complexity index is 302. The molecule has 1 aromatic carbocycles. The summed E-state index contributed by atoms with van der Waals surface area (Å²) in [5.41, 5.74) is 7.32. The second-order valence-corrected chi connectivity index (χ2v) is 5.56. The van der Waals surface area contributed by atoms with Crippen LogP contribution in [0.15, 0.2) is 30.3 Å². The number of aryl methyl sites for hydroxylation is 1. The van der Waals surface area contributed by atoms with Gasteiger partial charge in [0.2, 0.25) is 0 Å². The molecule has 1 unspecified atom stereocenters. The lowest BCUT2D eigenvalue weighted by molar-refractivity contribution is -0.0109. The van der Waals surface area contributed by atoms with Crippen molar-refractivity contribution < 1.29 is 4.74 Å². The molecule has 0 amide bonds. The number of hydrogen-bond donors (Lipinski definition) is 1. The van der Waals surface area contributed by atoms with Crippen LogP contribution >= 0.6 is 0 Å². The van der Waals surface area contributed by atoms with Gasteiger partial charge in [-0.25, -0.2) is 0 Å². The maximum atomic E-state index is 6.02. The van der Waals surface area contributed by atoms with E-state index in [0.29, 0.717) is 6.61 Å². The maximum absolute atomic E-state index is 6.02. The van der Waals surface area contributed by atoms with E-state index in [0.717, 1.165) is 19.3 Å². The second kappa shape index (κ2) is 6.77. The highest BCUT2D eigenvalue weighted by atomic mass is 16.5. The van der Waals surface area contributed by atoms with Crippen molar-refractivity contribution in [2.24, 2.45) is 5.73 Å². The van der Waals surface area contributed by atoms with Crippen LogP contribution in [0.5, 0.6) is 0 Å². The third kappa shape index (κ3) is 7.14. The minimum absolute atomic E-state index is 0.0863. The van der Waals surface area contributed by atoms with Gasteiger partial charge in [0, 0.05) is 6.04 Å². The highest BCUT2D eigenvalue weighted by molar-refractivity contribution is 5.14. The van der Waals surface area contributed by atoms with Crippen molar-refractivity contribution >= 4 is 0 Å². The summed E-state index contributed by atoms with van der Waals surface area (Å²) in [5, 5.41) is 0. The largest absolute Gasteiger partial charge is 0.374 e. The van der Waals surface area contributed by atoms with E-state index in [1.165, 1.54) is 5.56 Å². The summed E-state index contributed by atoms with van der Waals surface area (Å²) in [4.78, 5) is 0. The summed E-state index contributed by atoms with van der Waals surface area (Å²) in [7, 11) is 0. The van der Waals surface area contributed by atoms with E-state index in [9.17, 15) is 0 Å². The molecular formula is C15H25NO. The van der Waals surface area contributed by atoms with E-state index in [2.05, 4.69) is 45.0 Å². The molecule has 1 rings (SSSR count). The molecule has 0 aromatic heterocycles. The highest BCUT2D eigenvalue weighted by Crippen LogP contribution is 2.10. The summed E-state index contributed by atoms with van der Waals surface area (Å²) in [6.45, 7) is 6.83. The topological polar surface area (TPSA) is 35.2 Å². The number of rotatable bonds is 6. The van der Waals surface area contributed by atoms with Crippen molar-refractivity contribution in [2.45, 2.75) is 51.7 Å². The predicted molar refractivity (Wildman–Crippen MR) is 73.1 cm³/mol. The molecule has 1 aromatic rings. The van der Waals surface area contributed by atoms with Gasteiger partial charge in [-0.05, 0) is 45.6 Å². The van der Waals surface area contributed by atoms with Crippen LogP contribution in [-0.2, 0) is 11.2 Å². The lowest BCUT2D eigenvalue weighted by Gasteiger charge is -2.22. The Morgan fingerprint density at radius 2 is 1.82 bits per heavy atom. The highest BCUT2D eigenvalue weighted by Gasteiger charge is 2.12. The van der Waals surface area contributed by atoms with Crippen LogP contribution in [0.1, 0.15) is 39.2 Å². The molecule has 0 spiro atoms. The van der Waals surface area contributed by atoms with Gasteiger partial charge in [0.25, 0.3) is 0 Å². The second-order valence-electron chi connectivity index (χ2n) is 5.56. The zero-order valence-corrected chi connectivity index (χ0v) is 11.3. The fraction of sp³-hybridized carbons (Fsp3) is 0.600. The number of ether oxygens (including phenoxy) is 1. The van der Waals surface area contributed by atoms with Crippen molar-refractivity contribution in [1.29, 1.82) is 0 Å². The van der Waals surface area contributed by atoms with Gasteiger partial charge in [-0.2, -0.15) is 0 Å². The molecule has 0 saturated carbocycles. The van der Waals surface area contributed by atoms with Crippen LogP contribution in [0.3, 0.4) is 0 Å². The maximum Gasteiger partial charge on any atom is 0.0624 e. The molecule has 2 nitrogen and oxygen atoms in total. The number of hydrogen-bond acceptors (Lipinski definition) is 2. The van der Waals surface area contributed by atoms with Crippen molar-refractivity contribution in [1.82, 2.24) is 0 Å². The Balaban J connectivity index is 2.14. The number of benzene rings is 1. The first-order chi connectivity index (χ1) is 7.97. The lowest BCUT2D eigenvalue weighted by atomic mass is 10.1. The monoisotopic (exact) mass is 235 g/mol. The first-order valence-electron chi connectivity index (χ1n) is 6.41. The normalized spacial score (nSPS) is 13.6. The number of nitrogens with two attached hydrogens (primary N) is 1. The summed E-state index contributed by atoms with van der Waals surface area (Å²) < 4.78 is 5.67. The van der Waals surface area contributed by atoms with Gasteiger partial charge in [0.05, 0.1) is 12.2 Å². The third-order valence-electron chi connectivity index (χ3n) is 2.61. The van der Waals surface area contributed by atoms with Gasteiger partial charge in [0.15, 0.2) is 0 Å². The molecule has 0 saturated heterocycles. The molecule has 0 aliphatic carbocycles. The van der Waals surface area contributed by atoms with Crippen molar-refractivity contribution in [3.63, 3.8) is 0 Å². The van der Waals surface area contributed by atoms with E-state index < -0.39 is 0 Å². The van der Waals surface area contributed by atoms with Gasteiger partial charge in [-0.15, -0.1) is 0 Å². The first kappa shape index (κ1) is 14.2. The molecule has 2 N–H and O–H groups in total. The van der Waals surface area contributed by atoms with Gasteiger partial charge in [0.1, 0.15) is 0 Å². The molecule has 2 heteroatoms. The van der Waals surface area contributed by atoms with Crippen LogP contribution in [-0.4, -0.2) is 18.2 Å². The average molecular weight is 235 g/mol. The minimum atomic E-state index is -0.0863. The van der Waals surface area contributed by atoms with Crippen LogP contribution in [0.4, 0.5) is 0 Å². The molecule has 0 fully saturated rings. The quantitative estimate of drug-likeness (QED) is 0.822. The molecule has 1 atom stereocenters. The predicted octanol–water partition coefficient (Wildman–Crippen LogP) is 3.15. The molecule has 0 bridgehead atoms. The Labute approximate surface area is 105 Å².